The Morgan fingerprint density at radius 2 is 1.90 bits per heavy atom. The summed E-state index contributed by atoms with van der Waals surface area (Å²) in [6.45, 7) is 8.06. The number of hydrogen-bond donors (Lipinski definition) is 1. The van der Waals surface area contributed by atoms with Gasteiger partial charge >= 0.3 is 0 Å². The lowest BCUT2D eigenvalue weighted by Gasteiger charge is -2.31. The average molecular weight is 422 g/mol. The van der Waals surface area contributed by atoms with Crippen LogP contribution in [0.4, 0.5) is 17.2 Å². The molecular formula is C22H26N6O3. The zero-order valence-corrected chi connectivity index (χ0v) is 17.7. The van der Waals surface area contributed by atoms with Crippen LogP contribution in [0.15, 0.2) is 30.7 Å². The Bertz CT molecular complexity index is 1140. The number of benzene rings is 1. The van der Waals surface area contributed by atoms with E-state index in [2.05, 4.69) is 57.7 Å². The number of ether oxygens (including phenoxy) is 2. The molecule has 1 amide bonds. The van der Waals surface area contributed by atoms with E-state index in [1.807, 2.05) is 0 Å². The fraction of sp³-hybridized carbons (Fsp3) is 0.409. The highest BCUT2D eigenvalue weighted by atomic mass is 16.5. The number of aromatic nitrogens is 3. The van der Waals surface area contributed by atoms with Crippen molar-refractivity contribution in [3.8, 4) is 5.88 Å². The number of morpholine rings is 1. The topological polar surface area (TPSA) is 98.7 Å². The van der Waals surface area contributed by atoms with Crippen molar-refractivity contribution in [2.45, 2.75) is 19.9 Å². The van der Waals surface area contributed by atoms with Crippen molar-refractivity contribution in [2.24, 2.45) is 0 Å². The number of nitrogens with zero attached hydrogens (tertiary/aromatic N) is 5. The molecule has 1 fully saturated rings. The van der Waals surface area contributed by atoms with Gasteiger partial charge in [-0.15, -0.1) is 0 Å². The number of carbonyl (C=O) groups excluding carboxylic acids is 1. The number of carbonyl (C=O) groups is 1. The predicted molar refractivity (Wildman–Crippen MR) is 119 cm³/mol. The first-order chi connectivity index (χ1) is 15.0. The van der Waals surface area contributed by atoms with Gasteiger partial charge in [-0.1, -0.05) is 0 Å². The zero-order chi connectivity index (χ0) is 21.5. The monoisotopic (exact) mass is 422 g/mol. The number of nitrogen functional groups attached to an aromatic ring is 1. The van der Waals surface area contributed by atoms with Crippen LogP contribution in [0, 0.1) is 0 Å². The molecule has 2 N–H and O–H groups in total. The fourth-order valence-corrected chi connectivity index (χ4v) is 4.31. The Hall–Kier alpha value is -3.33. The second-order valence-electron chi connectivity index (χ2n) is 8.06. The van der Waals surface area contributed by atoms with Crippen LogP contribution < -0.4 is 20.3 Å². The van der Waals surface area contributed by atoms with Gasteiger partial charge in [0.05, 0.1) is 31.0 Å². The zero-order valence-electron chi connectivity index (χ0n) is 17.7. The molecule has 2 aromatic heterocycles. The Morgan fingerprint density at radius 1 is 1.10 bits per heavy atom. The van der Waals surface area contributed by atoms with Crippen LogP contribution in [0.2, 0.25) is 0 Å². The molecule has 4 heterocycles. The lowest BCUT2D eigenvalue weighted by Crippen LogP contribution is -2.37. The van der Waals surface area contributed by atoms with Crippen molar-refractivity contribution < 1.29 is 14.3 Å². The summed E-state index contributed by atoms with van der Waals surface area (Å²) < 4.78 is 13.5. The van der Waals surface area contributed by atoms with Crippen LogP contribution in [0.1, 0.15) is 30.2 Å². The number of nitrogens with two attached hydrogens (primary N) is 1. The first kappa shape index (κ1) is 19.6. The predicted octanol–water partition coefficient (Wildman–Crippen LogP) is 2.47. The second-order valence-corrected chi connectivity index (χ2v) is 8.06. The Morgan fingerprint density at radius 3 is 2.68 bits per heavy atom. The Kier molecular flexibility index (Phi) is 4.90. The molecule has 0 radical (unpaired) electrons. The van der Waals surface area contributed by atoms with E-state index < -0.39 is 0 Å². The van der Waals surface area contributed by atoms with Gasteiger partial charge in [0.15, 0.2) is 0 Å². The highest BCUT2D eigenvalue weighted by Crippen LogP contribution is 2.37. The molecule has 1 saturated heterocycles. The lowest BCUT2D eigenvalue weighted by atomic mass is 10.1. The van der Waals surface area contributed by atoms with E-state index in [0.717, 1.165) is 29.9 Å². The smallest absolute Gasteiger partial charge is 0.267 e. The largest absolute Gasteiger partial charge is 0.475 e. The number of fused-ring (bicyclic) bond motifs is 2. The Labute approximate surface area is 180 Å². The third-order valence-corrected chi connectivity index (χ3v) is 5.85. The number of hydrogen-bond acceptors (Lipinski definition) is 7. The van der Waals surface area contributed by atoms with E-state index in [4.69, 9.17) is 15.2 Å². The van der Waals surface area contributed by atoms with Gasteiger partial charge in [0.1, 0.15) is 24.3 Å². The molecule has 2 aliphatic heterocycles. The summed E-state index contributed by atoms with van der Waals surface area (Å²) in [5.74, 6) is 0.115. The maximum absolute atomic E-state index is 13.4. The van der Waals surface area contributed by atoms with Crippen molar-refractivity contribution in [3.63, 3.8) is 0 Å². The molecule has 1 aromatic carbocycles. The second kappa shape index (κ2) is 7.73. The van der Waals surface area contributed by atoms with Crippen molar-refractivity contribution >= 4 is 34.0 Å². The van der Waals surface area contributed by atoms with Crippen molar-refractivity contribution in [1.82, 2.24) is 14.5 Å². The van der Waals surface area contributed by atoms with Crippen LogP contribution in [-0.4, -0.2) is 59.9 Å². The van der Waals surface area contributed by atoms with Gasteiger partial charge in [0.2, 0.25) is 5.88 Å². The molecule has 0 atom stereocenters. The fourth-order valence-electron chi connectivity index (χ4n) is 4.31. The van der Waals surface area contributed by atoms with Crippen molar-refractivity contribution in [2.75, 3.05) is 55.0 Å². The third-order valence-electron chi connectivity index (χ3n) is 5.85. The standard InChI is InChI=1S/C22H26N6O3/c1-14(2)27-4-3-15-11-16(12-17(19(15)27)26-5-8-30-9-6-26)28-7-10-31-21-18(22(28)29)20(23)24-13-25-21/h3-4,11-14H,5-10H2,1-2H3,(H2,23,24,25). The molecule has 31 heavy (non-hydrogen) atoms. The minimum absolute atomic E-state index is 0.127. The van der Waals surface area contributed by atoms with Gasteiger partial charge in [-0.2, -0.15) is 0 Å². The molecule has 0 saturated carbocycles. The van der Waals surface area contributed by atoms with Gasteiger partial charge in [0, 0.05) is 36.4 Å². The van der Waals surface area contributed by atoms with Crippen LogP contribution >= 0.6 is 0 Å². The highest BCUT2D eigenvalue weighted by Gasteiger charge is 2.30. The quantitative estimate of drug-likeness (QED) is 0.692. The van der Waals surface area contributed by atoms with Crippen LogP contribution in [0.25, 0.3) is 10.9 Å². The molecule has 5 rings (SSSR count). The minimum Gasteiger partial charge on any atom is -0.475 e. The average Bonchev–Trinajstić information content (AvgIpc) is 3.13. The maximum atomic E-state index is 13.4. The summed E-state index contributed by atoms with van der Waals surface area (Å²) in [5.41, 5.74) is 9.30. The first-order valence-corrected chi connectivity index (χ1v) is 10.6. The molecule has 2 aliphatic rings. The molecule has 9 heteroatoms. The summed E-state index contributed by atoms with van der Waals surface area (Å²) in [6, 6.07) is 6.57. The minimum atomic E-state index is -0.249. The van der Waals surface area contributed by atoms with E-state index in [1.165, 1.54) is 11.8 Å². The highest BCUT2D eigenvalue weighted by molar-refractivity contribution is 6.12. The van der Waals surface area contributed by atoms with Crippen LogP contribution in [0.5, 0.6) is 5.88 Å². The third kappa shape index (κ3) is 3.34. The van der Waals surface area contributed by atoms with E-state index >= 15 is 0 Å². The molecule has 0 bridgehead atoms. The molecule has 3 aromatic rings. The number of amides is 1. The number of anilines is 3. The molecule has 0 aliphatic carbocycles. The Balaban J connectivity index is 1.65. The summed E-state index contributed by atoms with van der Waals surface area (Å²) in [7, 11) is 0. The molecule has 0 spiro atoms. The maximum Gasteiger partial charge on any atom is 0.267 e. The molecule has 162 valence electrons. The van der Waals surface area contributed by atoms with Crippen LogP contribution in [-0.2, 0) is 4.74 Å². The van der Waals surface area contributed by atoms with E-state index in [0.29, 0.717) is 32.4 Å². The molecular weight excluding hydrogens is 396 g/mol. The van der Waals surface area contributed by atoms with Gasteiger partial charge in [-0.05, 0) is 32.0 Å². The summed E-state index contributed by atoms with van der Waals surface area (Å²) in [5, 5.41) is 1.09. The summed E-state index contributed by atoms with van der Waals surface area (Å²) in [4.78, 5) is 25.6. The van der Waals surface area contributed by atoms with E-state index in [9.17, 15) is 4.79 Å². The SMILES string of the molecule is CC(C)n1ccc2cc(N3CCOc4ncnc(N)c4C3=O)cc(N3CCOCC3)c21. The molecule has 9 nitrogen and oxygen atoms in total. The number of rotatable bonds is 3. The van der Waals surface area contributed by atoms with Crippen LogP contribution in [0.3, 0.4) is 0 Å². The van der Waals surface area contributed by atoms with Gasteiger partial charge in [-0.3, -0.25) is 4.79 Å². The van der Waals surface area contributed by atoms with E-state index in [-0.39, 0.29) is 23.2 Å². The lowest BCUT2D eigenvalue weighted by molar-refractivity contribution is 0.0990. The van der Waals surface area contributed by atoms with E-state index in [1.54, 1.807) is 4.90 Å². The summed E-state index contributed by atoms with van der Waals surface area (Å²) >= 11 is 0. The van der Waals surface area contributed by atoms with Crippen molar-refractivity contribution in [1.29, 1.82) is 0 Å². The summed E-state index contributed by atoms with van der Waals surface area (Å²) in [6.07, 6.45) is 3.42. The first-order valence-electron chi connectivity index (χ1n) is 10.6. The molecule has 0 unspecified atom stereocenters. The van der Waals surface area contributed by atoms with Gasteiger partial charge in [0.25, 0.3) is 5.91 Å². The normalized spacial score (nSPS) is 17.1. The van der Waals surface area contributed by atoms with Gasteiger partial charge < -0.3 is 29.6 Å². The van der Waals surface area contributed by atoms with Gasteiger partial charge in [-0.25, -0.2) is 9.97 Å². The van der Waals surface area contributed by atoms with Crippen molar-refractivity contribution in [3.05, 3.63) is 36.3 Å².